The molecule has 1 aromatic heterocycles. The number of fused-ring (bicyclic) bond motifs is 1. The number of imidazole rings is 1. The van der Waals surface area contributed by atoms with Crippen LogP contribution >= 0.6 is 0 Å². The van der Waals surface area contributed by atoms with Crippen LogP contribution in [0.5, 0.6) is 0 Å². The lowest BCUT2D eigenvalue weighted by Crippen LogP contribution is -2.38. The normalized spacial score (nSPS) is 12.1. The lowest BCUT2D eigenvalue weighted by atomic mass is 10.0. The van der Waals surface area contributed by atoms with Crippen molar-refractivity contribution in [2.75, 3.05) is 19.6 Å². The molecule has 0 radical (unpaired) electrons. The Labute approximate surface area is 139 Å². The quantitative estimate of drug-likeness (QED) is 0.518. The van der Waals surface area contributed by atoms with Crippen molar-refractivity contribution in [2.24, 2.45) is 10.9 Å². The van der Waals surface area contributed by atoms with E-state index >= 15 is 0 Å². The van der Waals surface area contributed by atoms with Gasteiger partial charge in [0.05, 0.1) is 11.0 Å². The minimum absolute atomic E-state index is 0.667. The van der Waals surface area contributed by atoms with Crippen LogP contribution in [0.1, 0.15) is 39.4 Å². The molecule has 23 heavy (non-hydrogen) atoms. The van der Waals surface area contributed by atoms with E-state index in [-0.39, 0.29) is 0 Å². The first-order chi connectivity index (χ1) is 11.3. The molecule has 0 atom stereocenters. The van der Waals surface area contributed by atoms with E-state index in [1.54, 1.807) is 0 Å². The first-order valence-corrected chi connectivity index (χ1v) is 8.72. The molecule has 5 nitrogen and oxygen atoms in total. The lowest BCUT2D eigenvalue weighted by molar-refractivity contribution is 0.504. The maximum Gasteiger partial charge on any atom is 0.191 e. The van der Waals surface area contributed by atoms with Gasteiger partial charge in [0, 0.05) is 26.1 Å². The highest BCUT2D eigenvalue weighted by Gasteiger charge is 2.05. The summed E-state index contributed by atoms with van der Waals surface area (Å²) >= 11 is 0. The molecule has 2 aromatic rings. The van der Waals surface area contributed by atoms with Gasteiger partial charge >= 0.3 is 0 Å². The molecule has 0 fully saturated rings. The molecule has 3 N–H and O–H groups in total. The number of aromatic amines is 1. The van der Waals surface area contributed by atoms with E-state index in [9.17, 15) is 0 Å². The highest BCUT2D eigenvalue weighted by molar-refractivity contribution is 5.79. The third-order valence-corrected chi connectivity index (χ3v) is 4.10. The van der Waals surface area contributed by atoms with Gasteiger partial charge in [0.15, 0.2) is 5.96 Å². The van der Waals surface area contributed by atoms with Gasteiger partial charge < -0.3 is 15.6 Å². The number of nitrogens with one attached hydrogen (secondary N) is 3. The predicted octanol–water partition coefficient (Wildman–Crippen LogP) is 3.10. The van der Waals surface area contributed by atoms with Crippen molar-refractivity contribution < 1.29 is 0 Å². The fraction of sp³-hybridized carbons (Fsp3) is 0.556. The van der Waals surface area contributed by atoms with Crippen LogP contribution in [0.25, 0.3) is 11.0 Å². The summed E-state index contributed by atoms with van der Waals surface area (Å²) in [4.78, 5) is 12.7. The summed E-state index contributed by atoms with van der Waals surface area (Å²) in [5.74, 6) is 2.57. The third kappa shape index (κ3) is 5.27. The molecule has 0 amide bonds. The molecule has 0 bridgehead atoms. The van der Waals surface area contributed by atoms with Crippen molar-refractivity contribution in [2.45, 2.75) is 40.0 Å². The lowest BCUT2D eigenvalue weighted by Gasteiger charge is -2.13. The van der Waals surface area contributed by atoms with Crippen LogP contribution in [-0.2, 0) is 6.42 Å². The highest BCUT2D eigenvalue weighted by atomic mass is 15.2. The first kappa shape index (κ1) is 17.3. The zero-order valence-electron chi connectivity index (χ0n) is 14.5. The van der Waals surface area contributed by atoms with Crippen LogP contribution in [0.2, 0.25) is 0 Å². The van der Waals surface area contributed by atoms with Gasteiger partial charge in [0.1, 0.15) is 5.82 Å². The molecular weight excluding hydrogens is 286 g/mol. The smallest absolute Gasteiger partial charge is 0.191 e. The van der Waals surface area contributed by atoms with E-state index in [0.29, 0.717) is 5.92 Å². The van der Waals surface area contributed by atoms with Gasteiger partial charge in [-0.25, -0.2) is 4.98 Å². The van der Waals surface area contributed by atoms with Gasteiger partial charge in [-0.05, 0) is 25.0 Å². The number of H-pyrrole nitrogens is 1. The Kier molecular flexibility index (Phi) is 6.91. The molecule has 0 unspecified atom stereocenters. The van der Waals surface area contributed by atoms with Gasteiger partial charge in [0.25, 0.3) is 0 Å². The number of aliphatic imine (C=N–C) groups is 1. The minimum Gasteiger partial charge on any atom is -0.357 e. The number of guanidine groups is 1. The minimum atomic E-state index is 0.667. The summed E-state index contributed by atoms with van der Waals surface area (Å²) in [6.45, 7) is 9.12. The van der Waals surface area contributed by atoms with E-state index in [2.05, 4.69) is 47.4 Å². The summed E-state index contributed by atoms with van der Waals surface area (Å²) in [5.41, 5.74) is 2.12. The maximum atomic E-state index is 4.69. The Bertz CT molecular complexity index is 580. The van der Waals surface area contributed by atoms with Crippen molar-refractivity contribution in [3.05, 3.63) is 30.1 Å². The number of benzene rings is 1. The third-order valence-electron chi connectivity index (χ3n) is 4.10. The van der Waals surface area contributed by atoms with Gasteiger partial charge in [0.2, 0.25) is 0 Å². The Morgan fingerprint density at radius 2 is 1.96 bits per heavy atom. The number of hydrogen-bond acceptors (Lipinski definition) is 2. The van der Waals surface area contributed by atoms with Crippen LogP contribution in [0.3, 0.4) is 0 Å². The van der Waals surface area contributed by atoms with Gasteiger partial charge in [-0.3, -0.25) is 4.99 Å². The van der Waals surface area contributed by atoms with Crippen molar-refractivity contribution in [3.63, 3.8) is 0 Å². The standard InChI is InChI=1S/C18H29N5/c1-4-14(5-2)13-21-18(19-6-3)20-12-11-17-22-15-9-7-8-10-16(15)23-17/h7-10,14H,4-6,11-13H2,1-3H3,(H,22,23)(H2,19,20,21). The molecule has 5 heteroatoms. The fourth-order valence-corrected chi connectivity index (χ4v) is 2.53. The maximum absolute atomic E-state index is 4.69. The van der Waals surface area contributed by atoms with E-state index in [1.165, 1.54) is 12.8 Å². The van der Waals surface area contributed by atoms with Gasteiger partial charge in [-0.1, -0.05) is 38.8 Å². The summed E-state index contributed by atoms with van der Waals surface area (Å²) in [5, 5.41) is 6.70. The number of rotatable bonds is 8. The van der Waals surface area contributed by atoms with Crippen molar-refractivity contribution >= 4 is 17.0 Å². The second-order valence-corrected chi connectivity index (χ2v) is 5.78. The predicted molar refractivity (Wildman–Crippen MR) is 97.9 cm³/mol. The Morgan fingerprint density at radius 1 is 1.17 bits per heavy atom. The van der Waals surface area contributed by atoms with Crippen LogP contribution in [0.4, 0.5) is 0 Å². The monoisotopic (exact) mass is 315 g/mol. The molecule has 0 aliphatic rings. The van der Waals surface area contributed by atoms with Crippen LogP contribution in [0.15, 0.2) is 29.3 Å². The average molecular weight is 315 g/mol. The number of aromatic nitrogens is 2. The van der Waals surface area contributed by atoms with E-state index in [0.717, 1.165) is 48.9 Å². The number of nitrogens with zero attached hydrogens (tertiary/aromatic N) is 2. The zero-order valence-corrected chi connectivity index (χ0v) is 14.5. The SMILES string of the molecule is CCNC(=NCC(CC)CC)NCCc1nc2ccccc2[nH]1. The highest BCUT2D eigenvalue weighted by Crippen LogP contribution is 2.10. The fourth-order valence-electron chi connectivity index (χ4n) is 2.53. The molecule has 0 aliphatic heterocycles. The van der Waals surface area contributed by atoms with Crippen LogP contribution in [0, 0.1) is 5.92 Å². The van der Waals surface area contributed by atoms with E-state index < -0.39 is 0 Å². The molecular formula is C18H29N5. The molecule has 126 valence electrons. The van der Waals surface area contributed by atoms with E-state index in [1.807, 2.05) is 18.2 Å². The molecule has 1 heterocycles. The summed E-state index contributed by atoms with van der Waals surface area (Å²) in [7, 11) is 0. The largest absolute Gasteiger partial charge is 0.357 e. The molecule has 0 saturated heterocycles. The van der Waals surface area contributed by atoms with Crippen LogP contribution < -0.4 is 10.6 Å². The summed E-state index contributed by atoms with van der Waals surface area (Å²) < 4.78 is 0. The topological polar surface area (TPSA) is 65.1 Å². The van der Waals surface area contributed by atoms with Gasteiger partial charge in [-0.2, -0.15) is 0 Å². The second kappa shape index (κ2) is 9.18. The van der Waals surface area contributed by atoms with Gasteiger partial charge in [-0.15, -0.1) is 0 Å². The zero-order chi connectivity index (χ0) is 16.5. The second-order valence-electron chi connectivity index (χ2n) is 5.78. The summed E-state index contributed by atoms with van der Waals surface area (Å²) in [6.07, 6.45) is 3.21. The Morgan fingerprint density at radius 3 is 2.65 bits per heavy atom. The number of para-hydroxylation sites is 2. The first-order valence-electron chi connectivity index (χ1n) is 8.72. The Balaban J connectivity index is 1.86. The molecule has 1 aromatic carbocycles. The molecule has 0 aliphatic carbocycles. The molecule has 0 spiro atoms. The van der Waals surface area contributed by atoms with Crippen molar-refractivity contribution in [3.8, 4) is 0 Å². The van der Waals surface area contributed by atoms with Crippen molar-refractivity contribution in [1.82, 2.24) is 20.6 Å². The van der Waals surface area contributed by atoms with Crippen molar-refractivity contribution in [1.29, 1.82) is 0 Å². The average Bonchev–Trinajstić information content (AvgIpc) is 2.98. The van der Waals surface area contributed by atoms with Crippen LogP contribution in [-0.4, -0.2) is 35.6 Å². The molecule has 2 rings (SSSR count). The molecule has 0 saturated carbocycles. The Hall–Kier alpha value is -2.04. The summed E-state index contributed by atoms with van der Waals surface area (Å²) in [6, 6.07) is 8.12. The van der Waals surface area contributed by atoms with E-state index in [4.69, 9.17) is 4.99 Å². The number of hydrogen-bond donors (Lipinski definition) is 3.